The predicted molar refractivity (Wildman–Crippen MR) is 110 cm³/mol. The summed E-state index contributed by atoms with van der Waals surface area (Å²) in [6.07, 6.45) is 6.19. The summed E-state index contributed by atoms with van der Waals surface area (Å²) in [5, 5.41) is 10.5. The molecule has 5 nitrogen and oxygen atoms in total. The standard InChI is InChI=1S/C22H33NO4S/c1-4-23(5-2)28(25,26)27-16-7-9-17-15(14-16)6-8-19-18(17)12-13-22(3)20(19)10-11-21(22)24/h7,9,14,18-21,24H,4-6,8,10-13H2,1-3H3/t18?,19?,20?,21-,22-/m0/s1. The van der Waals surface area contributed by atoms with E-state index in [1.165, 1.54) is 15.4 Å². The van der Waals surface area contributed by atoms with Crippen LogP contribution in [0.2, 0.25) is 0 Å². The Morgan fingerprint density at radius 3 is 2.64 bits per heavy atom. The fourth-order valence-electron chi connectivity index (χ4n) is 6.30. The number of hydrogen-bond acceptors (Lipinski definition) is 4. The molecule has 1 aromatic rings. The number of aliphatic hydroxyl groups is 1. The van der Waals surface area contributed by atoms with Crippen molar-refractivity contribution in [2.45, 2.75) is 71.3 Å². The molecule has 4 rings (SSSR count). The van der Waals surface area contributed by atoms with Gasteiger partial charge in [0.15, 0.2) is 0 Å². The summed E-state index contributed by atoms with van der Waals surface area (Å²) in [4.78, 5) is 0. The molecule has 0 aliphatic heterocycles. The second-order valence-electron chi connectivity index (χ2n) is 9.04. The minimum absolute atomic E-state index is 0.0829. The first kappa shape index (κ1) is 20.2. The van der Waals surface area contributed by atoms with Crippen molar-refractivity contribution in [3.05, 3.63) is 29.3 Å². The molecule has 0 spiro atoms. The maximum absolute atomic E-state index is 12.4. The average molecular weight is 408 g/mol. The van der Waals surface area contributed by atoms with Gasteiger partial charge in [0.25, 0.3) is 0 Å². The van der Waals surface area contributed by atoms with Gasteiger partial charge in [-0.1, -0.05) is 26.8 Å². The number of aryl methyl sites for hydroxylation is 1. The number of fused-ring (bicyclic) bond motifs is 5. The van der Waals surface area contributed by atoms with Crippen LogP contribution < -0.4 is 4.18 Å². The first-order chi connectivity index (χ1) is 13.3. The fraction of sp³-hybridized carbons (Fsp3) is 0.727. The third-order valence-electron chi connectivity index (χ3n) is 7.87. The Kier molecular flexibility index (Phi) is 5.26. The summed E-state index contributed by atoms with van der Waals surface area (Å²) < 4.78 is 31.6. The molecular weight excluding hydrogens is 374 g/mol. The van der Waals surface area contributed by atoms with E-state index < -0.39 is 10.3 Å². The van der Waals surface area contributed by atoms with Crippen molar-refractivity contribution in [2.24, 2.45) is 17.3 Å². The maximum Gasteiger partial charge on any atom is 0.385 e. The van der Waals surface area contributed by atoms with E-state index in [0.29, 0.717) is 36.6 Å². The van der Waals surface area contributed by atoms with Crippen LogP contribution in [0, 0.1) is 17.3 Å². The van der Waals surface area contributed by atoms with E-state index in [2.05, 4.69) is 13.0 Å². The van der Waals surface area contributed by atoms with Gasteiger partial charge in [0, 0.05) is 13.1 Å². The smallest absolute Gasteiger partial charge is 0.385 e. The van der Waals surface area contributed by atoms with Gasteiger partial charge in [-0.15, -0.1) is 0 Å². The molecular formula is C22H33NO4S. The van der Waals surface area contributed by atoms with Crippen LogP contribution in [0.5, 0.6) is 5.75 Å². The Balaban J connectivity index is 1.57. The molecule has 0 radical (unpaired) electrons. The second kappa shape index (κ2) is 7.29. The minimum atomic E-state index is -3.75. The molecule has 0 amide bonds. The van der Waals surface area contributed by atoms with Crippen molar-refractivity contribution < 1.29 is 17.7 Å². The normalized spacial score (nSPS) is 34.6. The maximum atomic E-state index is 12.4. The number of benzene rings is 1. The highest BCUT2D eigenvalue weighted by Crippen LogP contribution is 2.60. The van der Waals surface area contributed by atoms with Gasteiger partial charge in [-0.05, 0) is 85.0 Å². The number of nitrogens with zero attached hydrogens (tertiary/aromatic N) is 1. The quantitative estimate of drug-likeness (QED) is 0.805. The third-order valence-corrected chi connectivity index (χ3v) is 9.42. The molecule has 6 heteroatoms. The van der Waals surface area contributed by atoms with E-state index >= 15 is 0 Å². The topological polar surface area (TPSA) is 66.8 Å². The summed E-state index contributed by atoms with van der Waals surface area (Å²) in [5.41, 5.74) is 2.68. The molecule has 3 aliphatic rings. The molecule has 1 N–H and O–H groups in total. The van der Waals surface area contributed by atoms with Crippen molar-refractivity contribution in [3.8, 4) is 5.75 Å². The van der Waals surface area contributed by atoms with Gasteiger partial charge in [-0.25, -0.2) is 0 Å². The van der Waals surface area contributed by atoms with Gasteiger partial charge in [0.1, 0.15) is 5.75 Å². The Morgan fingerprint density at radius 2 is 1.93 bits per heavy atom. The Hall–Kier alpha value is -1.11. The van der Waals surface area contributed by atoms with Crippen LogP contribution >= 0.6 is 0 Å². The van der Waals surface area contributed by atoms with Gasteiger partial charge in [-0.2, -0.15) is 12.7 Å². The van der Waals surface area contributed by atoms with Gasteiger partial charge in [-0.3, -0.25) is 0 Å². The van der Waals surface area contributed by atoms with Crippen LogP contribution in [0.1, 0.15) is 69.9 Å². The zero-order valence-electron chi connectivity index (χ0n) is 17.2. The largest absolute Gasteiger partial charge is 0.393 e. The lowest BCUT2D eigenvalue weighted by Crippen LogP contribution is -2.43. The van der Waals surface area contributed by atoms with E-state index in [-0.39, 0.29) is 11.5 Å². The molecule has 0 bridgehead atoms. The number of aliphatic hydroxyl groups excluding tert-OH is 1. The summed E-state index contributed by atoms with van der Waals surface area (Å²) in [6, 6.07) is 5.84. The van der Waals surface area contributed by atoms with E-state index in [1.807, 2.05) is 26.0 Å². The number of hydrogen-bond donors (Lipinski definition) is 1. The van der Waals surface area contributed by atoms with Crippen LogP contribution in [0.4, 0.5) is 0 Å². The molecule has 0 heterocycles. The Bertz CT molecular complexity index is 835. The zero-order chi connectivity index (χ0) is 20.1. The summed E-state index contributed by atoms with van der Waals surface area (Å²) in [5.74, 6) is 2.18. The molecule has 1 aromatic carbocycles. The first-order valence-corrected chi connectivity index (χ1v) is 12.2. The lowest BCUT2D eigenvalue weighted by atomic mass is 9.55. The summed E-state index contributed by atoms with van der Waals surface area (Å²) >= 11 is 0. The number of rotatable bonds is 5. The average Bonchev–Trinajstić information content (AvgIpc) is 2.96. The van der Waals surface area contributed by atoms with Crippen LogP contribution in [-0.4, -0.2) is 37.0 Å². The zero-order valence-corrected chi connectivity index (χ0v) is 18.0. The SMILES string of the molecule is CCN(CC)S(=O)(=O)Oc1ccc2c(c1)CCC1C2CC[C@@]2(C)C1CC[C@@H]2O. The predicted octanol–water partition coefficient (Wildman–Crippen LogP) is 3.87. The Labute approximate surface area is 169 Å². The Morgan fingerprint density at radius 1 is 1.18 bits per heavy atom. The lowest BCUT2D eigenvalue weighted by Gasteiger charge is -2.50. The van der Waals surface area contributed by atoms with E-state index in [4.69, 9.17) is 4.18 Å². The van der Waals surface area contributed by atoms with E-state index in [9.17, 15) is 13.5 Å². The lowest BCUT2D eigenvalue weighted by molar-refractivity contribution is -0.0226. The van der Waals surface area contributed by atoms with Gasteiger partial charge in [0.05, 0.1) is 6.10 Å². The molecule has 0 aromatic heterocycles. The highest BCUT2D eigenvalue weighted by molar-refractivity contribution is 7.84. The molecule has 28 heavy (non-hydrogen) atoms. The summed E-state index contributed by atoms with van der Waals surface area (Å²) in [7, 11) is -3.75. The first-order valence-electron chi connectivity index (χ1n) is 10.8. The molecule has 2 fully saturated rings. The highest BCUT2D eigenvalue weighted by Gasteiger charge is 2.54. The molecule has 2 saturated carbocycles. The van der Waals surface area contributed by atoms with Gasteiger partial charge in [0.2, 0.25) is 0 Å². The van der Waals surface area contributed by atoms with Crippen LogP contribution in [0.15, 0.2) is 18.2 Å². The van der Waals surface area contributed by atoms with Crippen LogP contribution in [0.25, 0.3) is 0 Å². The van der Waals surface area contributed by atoms with Crippen molar-refractivity contribution in [1.29, 1.82) is 0 Å². The van der Waals surface area contributed by atoms with Crippen LogP contribution in [-0.2, 0) is 16.7 Å². The van der Waals surface area contributed by atoms with Crippen molar-refractivity contribution in [1.82, 2.24) is 4.31 Å². The molecule has 0 saturated heterocycles. The second-order valence-corrected chi connectivity index (χ2v) is 10.6. The van der Waals surface area contributed by atoms with Crippen molar-refractivity contribution >= 4 is 10.3 Å². The highest BCUT2D eigenvalue weighted by atomic mass is 32.2. The molecule has 5 atom stereocenters. The minimum Gasteiger partial charge on any atom is -0.393 e. The van der Waals surface area contributed by atoms with Gasteiger partial charge >= 0.3 is 10.3 Å². The van der Waals surface area contributed by atoms with Gasteiger partial charge < -0.3 is 9.29 Å². The molecule has 3 aliphatic carbocycles. The molecule has 3 unspecified atom stereocenters. The molecule has 156 valence electrons. The van der Waals surface area contributed by atoms with Crippen LogP contribution in [0.3, 0.4) is 0 Å². The van der Waals surface area contributed by atoms with Crippen molar-refractivity contribution in [2.75, 3.05) is 13.1 Å². The van der Waals surface area contributed by atoms with E-state index in [0.717, 1.165) is 38.5 Å². The van der Waals surface area contributed by atoms with Crippen molar-refractivity contribution in [3.63, 3.8) is 0 Å². The van der Waals surface area contributed by atoms with E-state index in [1.54, 1.807) is 0 Å². The third kappa shape index (κ3) is 3.17. The summed E-state index contributed by atoms with van der Waals surface area (Å²) in [6.45, 7) is 6.72. The monoisotopic (exact) mass is 407 g/mol. The fourth-order valence-corrected chi connectivity index (χ4v) is 7.38.